The molecule has 2 aliphatic heterocycles. The Balaban J connectivity index is 1.54. The summed E-state index contributed by atoms with van der Waals surface area (Å²) in [5, 5.41) is 8.68. The van der Waals surface area contributed by atoms with E-state index < -0.39 is 34.6 Å². The molecule has 2 aliphatic rings. The first-order valence-electron chi connectivity index (χ1n) is 8.24. The highest BCUT2D eigenvalue weighted by molar-refractivity contribution is 7.80. The van der Waals surface area contributed by atoms with Crippen LogP contribution in [0.4, 0.5) is 4.79 Å². The Labute approximate surface area is 154 Å². The lowest BCUT2D eigenvalue weighted by atomic mass is 10.0. The van der Waals surface area contributed by atoms with E-state index in [4.69, 9.17) is 14.7 Å². The fourth-order valence-electron chi connectivity index (χ4n) is 3.40. The number of nitrogens with two attached hydrogens (primary N) is 1. The van der Waals surface area contributed by atoms with Gasteiger partial charge in [0.25, 0.3) is 0 Å². The van der Waals surface area contributed by atoms with E-state index in [0.717, 1.165) is 5.56 Å². The minimum atomic E-state index is -4.79. The van der Waals surface area contributed by atoms with Gasteiger partial charge in [-0.25, -0.2) is 4.79 Å². The number of amides is 2. The van der Waals surface area contributed by atoms with Gasteiger partial charge in [0.1, 0.15) is 12.1 Å². The second-order valence-electron chi connectivity index (χ2n) is 6.38. The smallest absolute Gasteiger partial charge is 0.418 e. The van der Waals surface area contributed by atoms with Crippen molar-refractivity contribution in [1.29, 1.82) is 0 Å². The van der Waals surface area contributed by atoms with Gasteiger partial charge in [-0.05, 0) is 18.4 Å². The van der Waals surface area contributed by atoms with Crippen LogP contribution >= 0.6 is 0 Å². The third-order valence-corrected chi connectivity index (χ3v) is 5.01. The highest BCUT2D eigenvalue weighted by Crippen LogP contribution is 2.38. The summed E-state index contributed by atoms with van der Waals surface area (Å²) in [6.45, 7) is 0.224. The minimum Gasteiger partial charge on any atom is -0.421 e. The highest BCUT2D eigenvalue weighted by Gasteiger charge is 2.49. The largest absolute Gasteiger partial charge is 0.421 e. The number of hydrogen-bond acceptors (Lipinski definition) is 8. The molecule has 3 atom stereocenters. The van der Waals surface area contributed by atoms with Crippen LogP contribution in [-0.2, 0) is 14.7 Å². The molecule has 2 amide bonds. The van der Waals surface area contributed by atoms with Crippen LogP contribution in [0.25, 0.3) is 0 Å². The van der Waals surface area contributed by atoms with E-state index in [2.05, 4.69) is 14.5 Å². The fourth-order valence-corrected chi connectivity index (χ4v) is 3.79. The highest BCUT2D eigenvalue weighted by atomic mass is 32.3. The molecular formula is C15H17N5O6S. The Morgan fingerprint density at radius 2 is 2.00 bits per heavy atom. The molecule has 1 aromatic heterocycles. The number of urea groups is 1. The Kier molecular flexibility index (Phi) is 4.34. The zero-order valence-corrected chi connectivity index (χ0v) is 14.8. The number of carbonyl (C=O) groups excluding carboxylic acids is 1. The molecule has 0 saturated carbocycles. The van der Waals surface area contributed by atoms with Crippen LogP contribution in [0.1, 0.15) is 42.3 Å². The predicted octanol–water partition coefficient (Wildman–Crippen LogP) is 0.793. The summed E-state index contributed by atoms with van der Waals surface area (Å²) in [5.41, 5.74) is 6.96. The maximum Gasteiger partial charge on any atom is 0.418 e. The number of rotatable bonds is 5. The molecule has 0 radical (unpaired) electrons. The van der Waals surface area contributed by atoms with Crippen molar-refractivity contribution in [1.82, 2.24) is 20.2 Å². The minimum absolute atomic E-state index is 0.219. The van der Waals surface area contributed by atoms with Crippen LogP contribution < -0.4 is 5.73 Å². The number of carbonyl (C=O) groups is 1. The molecule has 1 unspecified atom stereocenters. The number of piperidine rings is 1. The number of benzene rings is 1. The summed E-state index contributed by atoms with van der Waals surface area (Å²) in [6.07, 6.45) is 0.925. The van der Waals surface area contributed by atoms with Gasteiger partial charge in [-0.15, -0.1) is 14.5 Å². The van der Waals surface area contributed by atoms with Gasteiger partial charge in [0.2, 0.25) is 11.8 Å². The van der Waals surface area contributed by atoms with Gasteiger partial charge in [0.05, 0.1) is 6.04 Å². The summed E-state index contributed by atoms with van der Waals surface area (Å²) >= 11 is 0. The Bertz CT molecular complexity index is 949. The SMILES string of the molecule is NC(c1ccccc1)c1nnc([C@@H]2CC[C@@H]3CN2C(=O)N3OS(=O)(=O)O)o1. The lowest BCUT2D eigenvalue weighted by Gasteiger charge is -2.27. The zero-order valence-electron chi connectivity index (χ0n) is 14.0. The average Bonchev–Trinajstić information content (AvgIpc) is 3.22. The quantitative estimate of drug-likeness (QED) is 0.700. The predicted molar refractivity (Wildman–Crippen MR) is 89.1 cm³/mol. The second kappa shape index (κ2) is 6.56. The molecule has 4 rings (SSSR count). The van der Waals surface area contributed by atoms with Crippen molar-refractivity contribution in [2.24, 2.45) is 5.73 Å². The molecule has 27 heavy (non-hydrogen) atoms. The van der Waals surface area contributed by atoms with Gasteiger partial charge in [0.15, 0.2) is 0 Å². The van der Waals surface area contributed by atoms with Crippen LogP contribution in [0.3, 0.4) is 0 Å². The number of nitrogens with zero attached hydrogens (tertiary/aromatic N) is 4. The molecule has 144 valence electrons. The van der Waals surface area contributed by atoms with E-state index >= 15 is 0 Å². The number of hydrogen-bond donors (Lipinski definition) is 2. The van der Waals surface area contributed by atoms with Crippen LogP contribution in [0, 0.1) is 0 Å². The van der Waals surface area contributed by atoms with Gasteiger partial charge in [0, 0.05) is 6.54 Å². The summed E-state index contributed by atoms with van der Waals surface area (Å²) in [4.78, 5) is 13.8. The molecule has 11 nitrogen and oxygen atoms in total. The maximum atomic E-state index is 12.4. The molecule has 1 aromatic carbocycles. The van der Waals surface area contributed by atoms with E-state index in [0.29, 0.717) is 17.9 Å². The van der Waals surface area contributed by atoms with Gasteiger partial charge >= 0.3 is 16.4 Å². The average molecular weight is 395 g/mol. The first-order chi connectivity index (χ1) is 12.8. The van der Waals surface area contributed by atoms with Gasteiger partial charge < -0.3 is 15.1 Å². The van der Waals surface area contributed by atoms with Crippen molar-refractivity contribution in [2.45, 2.75) is 31.0 Å². The lowest BCUT2D eigenvalue weighted by molar-refractivity contribution is -0.0317. The monoisotopic (exact) mass is 395 g/mol. The summed E-state index contributed by atoms with van der Waals surface area (Å²) in [7, 11) is -4.79. The lowest BCUT2D eigenvalue weighted by Crippen LogP contribution is -2.35. The van der Waals surface area contributed by atoms with Crippen molar-refractivity contribution in [3.05, 3.63) is 47.7 Å². The molecule has 3 heterocycles. The third kappa shape index (κ3) is 3.39. The van der Waals surface area contributed by atoms with Crippen LogP contribution in [-0.4, -0.2) is 51.7 Å². The molecule has 0 spiro atoms. The van der Waals surface area contributed by atoms with Crippen molar-refractivity contribution in [3.8, 4) is 0 Å². The molecular weight excluding hydrogens is 378 g/mol. The van der Waals surface area contributed by atoms with E-state index in [9.17, 15) is 13.2 Å². The molecule has 2 bridgehead atoms. The molecule has 0 aliphatic carbocycles. The van der Waals surface area contributed by atoms with Crippen LogP contribution in [0.5, 0.6) is 0 Å². The molecule has 2 aromatic rings. The van der Waals surface area contributed by atoms with Crippen LogP contribution in [0.15, 0.2) is 34.7 Å². The van der Waals surface area contributed by atoms with Crippen molar-refractivity contribution in [3.63, 3.8) is 0 Å². The maximum absolute atomic E-state index is 12.4. The van der Waals surface area contributed by atoms with Crippen LogP contribution in [0.2, 0.25) is 0 Å². The van der Waals surface area contributed by atoms with E-state index in [1.54, 1.807) is 0 Å². The topological polar surface area (TPSA) is 152 Å². The van der Waals surface area contributed by atoms with Gasteiger partial charge in [-0.2, -0.15) is 13.5 Å². The number of hydroxylamine groups is 2. The van der Waals surface area contributed by atoms with E-state index in [1.165, 1.54) is 4.90 Å². The molecule has 3 N–H and O–H groups in total. The number of aromatic nitrogens is 2. The Hall–Kier alpha value is -2.54. The second-order valence-corrected chi connectivity index (χ2v) is 7.38. The van der Waals surface area contributed by atoms with Crippen molar-refractivity contribution < 1.29 is 26.5 Å². The first-order valence-corrected chi connectivity index (χ1v) is 9.60. The molecule has 12 heteroatoms. The summed E-state index contributed by atoms with van der Waals surface area (Å²) in [6, 6.07) is 6.96. The van der Waals surface area contributed by atoms with Gasteiger partial charge in [-0.1, -0.05) is 30.3 Å². The van der Waals surface area contributed by atoms with E-state index in [-0.39, 0.29) is 18.3 Å². The number of fused-ring (bicyclic) bond motifs is 2. The van der Waals surface area contributed by atoms with Crippen molar-refractivity contribution in [2.75, 3.05) is 6.54 Å². The Morgan fingerprint density at radius 1 is 1.26 bits per heavy atom. The standard InChI is InChI=1S/C15H17N5O6S/c16-12(9-4-2-1-3-5-9)14-18-17-13(25-14)11-7-6-10-8-19(11)15(21)20(10)26-27(22,23)24/h1-5,10-12H,6-8,16H2,(H,22,23,24)/t10-,11+,12?/m1/s1. The van der Waals surface area contributed by atoms with Crippen molar-refractivity contribution >= 4 is 16.4 Å². The zero-order chi connectivity index (χ0) is 19.2. The molecule has 2 saturated heterocycles. The normalized spacial score (nSPS) is 23.7. The van der Waals surface area contributed by atoms with Gasteiger partial charge in [-0.3, -0.25) is 4.55 Å². The summed E-state index contributed by atoms with van der Waals surface area (Å²) < 4.78 is 40.9. The fraction of sp³-hybridized carbons (Fsp3) is 0.400. The third-order valence-electron chi connectivity index (χ3n) is 4.66. The first kappa shape index (κ1) is 17.9. The summed E-state index contributed by atoms with van der Waals surface area (Å²) in [5.74, 6) is 0.438. The van der Waals surface area contributed by atoms with E-state index in [1.807, 2.05) is 30.3 Å². The Morgan fingerprint density at radius 3 is 2.70 bits per heavy atom. The molecule has 2 fully saturated rings.